The van der Waals surface area contributed by atoms with Gasteiger partial charge in [0.2, 0.25) is 0 Å². The molecule has 0 aromatic heterocycles. The topological polar surface area (TPSA) is 63.6 Å². The number of rotatable bonds is 5. The minimum atomic E-state index is -3.33. The van der Waals surface area contributed by atoms with Gasteiger partial charge in [-0.2, -0.15) is 0 Å². The van der Waals surface area contributed by atoms with E-state index in [0.717, 1.165) is 6.26 Å². The molecule has 0 aliphatic carbocycles. The van der Waals surface area contributed by atoms with Crippen LogP contribution in [0.15, 0.2) is 47.4 Å². The van der Waals surface area contributed by atoms with E-state index in [-0.39, 0.29) is 23.9 Å². The highest BCUT2D eigenvalue weighted by Gasteiger charge is 2.10. The van der Waals surface area contributed by atoms with E-state index in [1.807, 2.05) is 0 Å². The average Bonchev–Trinajstić information content (AvgIpc) is 2.44. The van der Waals surface area contributed by atoms with Crippen LogP contribution in [-0.4, -0.2) is 33.0 Å². The second-order valence-electron chi connectivity index (χ2n) is 4.55. The molecule has 1 N–H and O–H groups in total. The zero-order chi connectivity index (χ0) is 15.5. The normalized spacial score (nSPS) is 11.4. The molecule has 0 fully saturated rings. The van der Waals surface area contributed by atoms with Gasteiger partial charge in [0.1, 0.15) is 18.2 Å². The highest BCUT2D eigenvalue weighted by Crippen LogP contribution is 2.27. The maximum Gasteiger partial charge on any atom is 0.175 e. The third-order valence-electron chi connectivity index (χ3n) is 2.83. The van der Waals surface area contributed by atoms with Gasteiger partial charge in [-0.3, -0.25) is 0 Å². The van der Waals surface area contributed by atoms with Crippen molar-refractivity contribution in [3.63, 3.8) is 0 Å². The first-order valence-corrected chi connectivity index (χ1v) is 8.14. The summed E-state index contributed by atoms with van der Waals surface area (Å²) in [4.78, 5) is 0.169. The van der Waals surface area contributed by atoms with Crippen molar-refractivity contribution in [2.45, 2.75) is 4.90 Å². The standard InChI is InChI=1S/C15H15FO4S/c1-21(18,19)15-4-2-3-11(9-15)12-7-13(16)10-14(8-12)20-6-5-17/h2-4,7-10,17H,5-6H2,1H3. The van der Waals surface area contributed by atoms with Gasteiger partial charge in [-0.15, -0.1) is 0 Å². The van der Waals surface area contributed by atoms with Crippen LogP contribution in [0.1, 0.15) is 0 Å². The highest BCUT2D eigenvalue weighted by atomic mass is 32.2. The van der Waals surface area contributed by atoms with Crippen LogP contribution < -0.4 is 4.74 Å². The van der Waals surface area contributed by atoms with Crippen molar-refractivity contribution in [2.75, 3.05) is 19.5 Å². The zero-order valence-corrected chi connectivity index (χ0v) is 12.2. The van der Waals surface area contributed by atoms with E-state index in [4.69, 9.17) is 9.84 Å². The molecule has 0 atom stereocenters. The fourth-order valence-electron chi connectivity index (χ4n) is 1.88. The maximum atomic E-state index is 13.6. The van der Waals surface area contributed by atoms with Crippen molar-refractivity contribution in [1.82, 2.24) is 0 Å². The van der Waals surface area contributed by atoms with Gasteiger partial charge in [-0.25, -0.2) is 12.8 Å². The highest BCUT2D eigenvalue weighted by molar-refractivity contribution is 7.90. The van der Waals surface area contributed by atoms with Crippen molar-refractivity contribution < 1.29 is 22.7 Å². The number of sulfone groups is 1. The van der Waals surface area contributed by atoms with Gasteiger partial charge in [0, 0.05) is 12.3 Å². The molecule has 0 unspecified atom stereocenters. The predicted octanol–water partition coefficient (Wildman–Crippen LogP) is 2.27. The summed E-state index contributed by atoms with van der Waals surface area (Å²) in [5, 5.41) is 8.72. The van der Waals surface area contributed by atoms with E-state index < -0.39 is 15.7 Å². The molecule has 0 aliphatic rings. The molecule has 2 aromatic rings. The van der Waals surface area contributed by atoms with Crippen LogP contribution in [0.5, 0.6) is 5.75 Å². The summed E-state index contributed by atoms with van der Waals surface area (Å²) < 4.78 is 41.9. The van der Waals surface area contributed by atoms with Crippen LogP contribution in [0.2, 0.25) is 0 Å². The van der Waals surface area contributed by atoms with Crippen LogP contribution in [0.25, 0.3) is 11.1 Å². The van der Waals surface area contributed by atoms with Crippen LogP contribution in [0.4, 0.5) is 4.39 Å². The molecule has 2 aromatic carbocycles. The Bertz CT molecular complexity index is 741. The molecular formula is C15H15FO4S. The number of hydrogen-bond donors (Lipinski definition) is 1. The molecule has 4 nitrogen and oxygen atoms in total. The van der Waals surface area contributed by atoms with Gasteiger partial charge in [0.25, 0.3) is 0 Å². The van der Waals surface area contributed by atoms with Crippen LogP contribution >= 0.6 is 0 Å². The third-order valence-corrected chi connectivity index (χ3v) is 3.94. The number of hydrogen-bond acceptors (Lipinski definition) is 4. The van der Waals surface area contributed by atoms with Crippen molar-refractivity contribution in [3.05, 3.63) is 48.3 Å². The molecule has 0 spiro atoms. The first kappa shape index (κ1) is 15.5. The van der Waals surface area contributed by atoms with Gasteiger partial charge in [0.05, 0.1) is 11.5 Å². The fraction of sp³-hybridized carbons (Fsp3) is 0.200. The predicted molar refractivity (Wildman–Crippen MR) is 77.5 cm³/mol. The van der Waals surface area contributed by atoms with E-state index in [1.54, 1.807) is 18.2 Å². The van der Waals surface area contributed by atoms with Crippen LogP contribution in [0, 0.1) is 5.82 Å². The number of halogens is 1. The average molecular weight is 310 g/mol. The second-order valence-corrected chi connectivity index (χ2v) is 6.56. The van der Waals surface area contributed by atoms with Crippen LogP contribution in [0.3, 0.4) is 0 Å². The van der Waals surface area contributed by atoms with Gasteiger partial charge >= 0.3 is 0 Å². The van der Waals surface area contributed by atoms with Crippen molar-refractivity contribution >= 4 is 9.84 Å². The van der Waals surface area contributed by atoms with E-state index in [1.165, 1.54) is 24.3 Å². The Hall–Kier alpha value is -1.92. The number of aliphatic hydroxyl groups excluding tert-OH is 1. The summed E-state index contributed by atoms with van der Waals surface area (Å²) in [6, 6.07) is 10.4. The quantitative estimate of drug-likeness (QED) is 0.920. The fourth-order valence-corrected chi connectivity index (χ4v) is 2.55. The van der Waals surface area contributed by atoms with Gasteiger partial charge in [0.15, 0.2) is 9.84 Å². The Kier molecular flexibility index (Phi) is 4.59. The molecule has 0 saturated carbocycles. The van der Waals surface area contributed by atoms with E-state index in [9.17, 15) is 12.8 Å². The molecular weight excluding hydrogens is 295 g/mol. The maximum absolute atomic E-state index is 13.6. The minimum absolute atomic E-state index is 0.0618. The molecule has 0 bridgehead atoms. The summed E-state index contributed by atoms with van der Waals surface area (Å²) >= 11 is 0. The molecule has 0 heterocycles. The third kappa shape index (κ3) is 4.03. The zero-order valence-electron chi connectivity index (χ0n) is 11.4. The summed E-state index contributed by atoms with van der Waals surface area (Å²) in [6.45, 7) is -0.109. The van der Waals surface area contributed by atoms with E-state index in [0.29, 0.717) is 11.1 Å². The lowest BCUT2D eigenvalue weighted by molar-refractivity contribution is 0.201. The molecule has 21 heavy (non-hydrogen) atoms. The summed E-state index contributed by atoms with van der Waals surface area (Å²) in [6.07, 6.45) is 1.12. The molecule has 112 valence electrons. The van der Waals surface area contributed by atoms with Crippen molar-refractivity contribution in [2.24, 2.45) is 0 Å². The number of benzene rings is 2. The number of ether oxygens (including phenoxy) is 1. The molecule has 0 saturated heterocycles. The molecule has 2 rings (SSSR count). The largest absolute Gasteiger partial charge is 0.491 e. The lowest BCUT2D eigenvalue weighted by atomic mass is 10.1. The lowest BCUT2D eigenvalue weighted by Crippen LogP contribution is -2.02. The second kappa shape index (κ2) is 6.24. The Balaban J connectivity index is 2.44. The summed E-state index contributed by atoms with van der Waals surface area (Å²) in [5.74, 6) is -0.214. The van der Waals surface area contributed by atoms with E-state index in [2.05, 4.69) is 0 Å². The molecule has 0 radical (unpaired) electrons. The van der Waals surface area contributed by atoms with Gasteiger partial charge in [-0.05, 0) is 35.4 Å². The lowest BCUT2D eigenvalue weighted by Gasteiger charge is -2.09. The molecule has 0 amide bonds. The Morgan fingerprint density at radius 1 is 1.14 bits per heavy atom. The summed E-state index contributed by atoms with van der Waals surface area (Å²) in [7, 11) is -3.33. The van der Waals surface area contributed by atoms with Crippen LogP contribution in [-0.2, 0) is 9.84 Å². The first-order valence-electron chi connectivity index (χ1n) is 6.25. The Morgan fingerprint density at radius 2 is 1.90 bits per heavy atom. The molecule has 6 heteroatoms. The Labute approximate surface area is 122 Å². The minimum Gasteiger partial charge on any atom is -0.491 e. The molecule has 0 aliphatic heterocycles. The van der Waals surface area contributed by atoms with E-state index >= 15 is 0 Å². The first-order chi connectivity index (χ1) is 9.90. The Morgan fingerprint density at radius 3 is 2.57 bits per heavy atom. The van der Waals surface area contributed by atoms with Crippen molar-refractivity contribution in [1.29, 1.82) is 0 Å². The smallest absolute Gasteiger partial charge is 0.175 e. The van der Waals surface area contributed by atoms with Gasteiger partial charge in [-0.1, -0.05) is 12.1 Å². The monoisotopic (exact) mass is 310 g/mol. The number of aliphatic hydroxyl groups is 1. The SMILES string of the molecule is CS(=O)(=O)c1cccc(-c2cc(F)cc(OCCO)c2)c1. The summed E-state index contributed by atoms with van der Waals surface area (Å²) in [5.41, 5.74) is 1.08. The van der Waals surface area contributed by atoms with Gasteiger partial charge < -0.3 is 9.84 Å². The van der Waals surface area contributed by atoms with Crippen molar-refractivity contribution in [3.8, 4) is 16.9 Å².